The molecule has 1 aliphatic heterocycles. The summed E-state index contributed by atoms with van der Waals surface area (Å²) in [6.45, 7) is 5.89. The number of carboxylic acid groups (broad SMARTS) is 1. The number of carbonyl (C=O) groups excluding carboxylic acids is 2. The molecule has 1 heterocycles. The van der Waals surface area contributed by atoms with Crippen LogP contribution in [-0.2, 0) is 20.8 Å². The van der Waals surface area contributed by atoms with Crippen LogP contribution in [0.2, 0.25) is 0 Å². The number of piperidine rings is 1. The Labute approximate surface area is 196 Å². The van der Waals surface area contributed by atoms with Crippen molar-refractivity contribution in [3.05, 3.63) is 23.8 Å². The van der Waals surface area contributed by atoms with Crippen molar-refractivity contribution >= 4 is 17.7 Å². The lowest BCUT2D eigenvalue weighted by Gasteiger charge is -2.34. The Morgan fingerprint density at radius 3 is 2.30 bits per heavy atom. The van der Waals surface area contributed by atoms with Crippen LogP contribution in [0.4, 0.5) is 0 Å². The number of carboxylic acids is 1. The van der Waals surface area contributed by atoms with Gasteiger partial charge < -0.3 is 24.6 Å². The summed E-state index contributed by atoms with van der Waals surface area (Å²) in [7, 11) is 3.26. The Hall–Kier alpha value is -2.61. The second-order valence-corrected chi connectivity index (χ2v) is 8.78. The third-order valence-electron chi connectivity index (χ3n) is 6.06. The minimum absolute atomic E-state index is 0.257. The molecule has 1 aromatic carbocycles. The van der Waals surface area contributed by atoms with Crippen LogP contribution in [0.5, 0.6) is 11.5 Å². The molecule has 0 aliphatic carbocycles. The van der Waals surface area contributed by atoms with E-state index in [1.165, 1.54) is 10.5 Å². The summed E-state index contributed by atoms with van der Waals surface area (Å²) in [5.41, 5.74) is 0.485. The van der Waals surface area contributed by atoms with Crippen molar-refractivity contribution < 1.29 is 34.1 Å². The van der Waals surface area contributed by atoms with E-state index in [1.807, 2.05) is 25.1 Å². The van der Waals surface area contributed by atoms with E-state index in [0.717, 1.165) is 43.6 Å². The Balaban J connectivity index is 0.000000335. The van der Waals surface area contributed by atoms with E-state index in [2.05, 4.69) is 0 Å². The molecule has 1 fully saturated rings. The van der Waals surface area contributed by atoms with Crippen molar-refractivity contribution in [1.29, 1.82) is 0 Å². The van der Waals surface area contributed by atoms with Gasteiger partial charge in [0.15, 0.2) is 11.5 Å². The second-order valence-electron chi connectivity index (χ2n) is 8.78. The van der Waals surface area contributed by atoms with E-state index < -0.39 is 29.1 Å². The summed E-state index contributed by atoms with van der Waals surface area (Å²) < 4.78 is 10.4. The minimum Gasteiger partial charge on any atom is -0.493 e. The highest BCUT2D eigenvalue weighted by Gasteiger charge is 2.39. The third kappa shape index (κ3) is 8.35. The number of amides is 1. The smallest absolute Gasteiger partial charge is 0.326 e. The molecule has 0 aromatic heterocycles. The number of carbonyl (C=O) groups is 3. The van der Waals surface area contributed by atoms with Gasteiger partial charge in [0.05, 0.1) is 14.2 Å². The number of methoxy groups -OCH3 is 2. The van der Waals surface area contributed by atoms with Crippen LogP contribution in [0, 0.1) is 5.41 Å². The Morgan fingerprint density at radius 1 is 1.09 bits per heavy atom. The number of aliphatic hydroxyl groups excluding tert-OH is 1. The second kappa shape index (κ2) is 13.8. The number of hydrogen-bond acceptors (Lipinski definition) is 6. The fourth-order valence-corrected chi connectivity index (χ4v) is 3.49. The minimum atomic E-state index is -1.02. The van der Waals surface area contributed by atoms with E-state index in [1.54, 1.807) is 28.1 Å². The van der Waals surface area contributed by atoms with Crippen LogP contribution < -0.4 is 9.47 Å². The lowest BCUT2D eigenvalue weighted by Crippen LogP contribution is -2.52. The normalized spacial score (nSPS) is 15.8. The van der Waals surface area contributed by atoms with E-state index in [-0.39, 0.29) is 6.61 Å². The molecule has 0 radical (unpaired) electrons. The molecule has 1 unspecified atom stereocenters. The van der Waals surface area contributed by atoms with Gasteiger partial charge in [-0.05, 0) is 62.6 Å². The highest BCUT2D eigenvalue weighted by Crippen LogP contribution is 2.28. The van der Waals surface area contributed by atoms with Crippen molar-refractivity contribution in [3.8, 4) is 11.5 Å². The van der Waals surface area contributed by atoms with Crippen molar-refractivity contribution in [3.63, 3.8) is 0 Å². The number of likely N-dealkylation sites (tertiary alicyclic amines) is 1. The molecule has 2 rings (SSSR count). The van der Waals surface area contributed by atoms with E-state index in [0.29, 0.717) is 19.4 Å². The maximum atomic E-state index is 12.1. The number of unbranched alkanes of at least 4 members (excludes halogenated alkanes) is 1. The van der Waals surface area contributed by atoms with Crippen molar-refractivity contribution in [1.82, 2.24) is 4.90 Å². The molecule has 1 aliphatic rings. The quantitative estimate of drug-likeness (QED) is 0.402. The molecule has 8 heteroatoms. The number of nitrogens with zero attached hydrogens (tertiary/aromatic N) is 1. The number of hydrogen-bond donors (Lipinski definition) is 2. The summed E-state index contributed by atoms with van der Waals surface area (Å²) in [5, 5.41) is 17.8. The van der Waals surface area contributed by atoms with Crippen molar-refractivity contribution in [2.75, 3.05) is 27.4 Å². The summed E-state index contributed by atoms with van der Waals surface area (Å²) in [6, 6.07) is 5.07. The van der Waals surface area contributed by atoms with Crippen LogP contribution in [0.3, 0.4) is 0 Å². The Kier molecular flexibility index (Phi) is 11.9. The molecule has 0 bridgehead atoms. The van der Waals surface area contributed by atoms with E-state index in [9.17, 15) is 14.4 Å². The van der Waals surface area contributed by atoms with Gasteiger partial charge in [0.1, 0.15) is 6.04 Å². The lowest BCUT2D eigenvalue weighted by molar-refractivity contribution is -0.158. The summed E-state index contributed by atoms with van der Waals surface area (Å²) in [4.78, 5) is 36.5. The first kappa shape index (κ1) is 28.4. The first-order valence-electron chi connectivity index (χ1n) is 11.5. The number of rotatable bonds is 10. The number of ketones is 1. The van der Waals surface area contributed by atoms with Gasteiger partial charge in [-0.25, -0.2) is 4.79 Å². The number of Topliss-reactive ketones (excluding diaryl/α,β-unsaturated/α-hetero) is 1. The maximum absolute atomic E-state index is 12.1. The fourth-order valence-electron chi connectivity index (χ4n) is 3.49. The zero-order valence-electron chi connectivity index (χ0n) is 20.6. The molecule has 186 valence electrons. The van der Waals surface area contributed by atoms with E-state index >= 15 is 0 Å². The predicted molar refractivity (Wildman–Crippen MR) is 126 cm³/mol. The monoisotopic (exact) mass is 465 g/mol. The summed E-state index contributed by atoms with van der Waals surface area (Å²) in [5.74, 6) is -0.639. The summed E-state index contributed by atoms with van der Waals surface area (Å²) >= 11 is 0. The molecular formula is C25H39NO7. The molecule has 0 saturated carbocycles. The van der Waals surface area contributed by atoms with Crippen LogP contribution in [0.25, 0.3) is 0 Å². The van der Waals surface area contributed by atoms with Gasteiger partial charge in [0.25, 0.3) is 5.91 Å². The van der Waals surface area contributed by atoms with Gasteiger partial charge >= 0.3 is 5.97 Å². The molecule has 33 heavy (non-hydrogen) atoms. The highest BCUT2D eigenvalue weighted by molar-refractivity contribution is 6.38. The standard InChI is InChI=1S/C13H21NO4.C12H18O3/c1-4-13(2,3)10(15)11(16)14-8-6-5-7-9(14)12(17)18;1-14-11-7-6-10(5-3-4-8-13)9-12(11)15-2/h9H,4-8H2,1-3H3,(H,17,18);6-7,9,13H,3-5,8H2,1-2H3. The predicted octanol–water partition coefficient (Wildman–Crippen LogP) is 3.48. The molecule has 1 amide bonds. The van der Waals surface area contributed by atoms with Gasteiger partial charge in [0, 0.05) is 18.6 Å². The largest absolute Gasteiger partial charge is 0.493 e. The fraction of sp³-hybridized carbons (Fsp3) is 0.640. The van der Waals surface area contributed by atoms with Crippen LogP contribution >= 0.6 is 0 Å². The number of aliphatic carboxylic acids is 1. The van der Waals surface area contributed by atoms with Crippen LogP contribution in [0.1, 0.15) is 64.9 Å². The van der Waals surface area contributed by atoms with Gasteiger partial charge in [-0.1, -0.05) is 26.8 Å². The van der Waals surface area contributed by atoms with E-state index in [4.69, 9.17) is 19.7 Å². The highest BCUT2D eigenvalue weighted by atomic mass is 16.5. The third-order valence-corrected chi connectivity index (χ3v) is 6.06. The Bertz CT molecular complexity index is 791. The van der Waals surface area contributed by atoms with Crippen LogP contribution in [0.15, 0.2) is 18.2 Å². The number of ether oxygens (including phenoxy) is 2. The first-order valence-corrected chi connectivity index (χ1v) is 11.5. The molecule has 8 nitrogen and oxygen atoms in total. The average molecular weight is 466 g/mol. The average Bonchev–Trinajstić information content (AvgIpc) is 2.83. The van der Waals surface area contributed by atoms with Crippen molar-refractivity contribution in [2.24, 2.45) is 5.41 Å². The van der Waals surface area contributed by atoms with Gasteiger partial charge in [-0.3, -0.25) is 9.59 Å². The number of aliphatic hydroxyl groups is 1. The Morgan fingerprint density at radius 2 is 1.76 bits per heavy atom. The molecule has 1 atom stereocenters. The van der Waals surface area contributed by atoms with Crippen molar-refractivity contribution in [2.45, 2.75) is 71.8 Å². The molecule has 1 aromatic rings. The SMILES string of the molecule is CCC(C)(C)C(=O)C(=O)N1CCCCC1C(=O)O.COc1ccc(CCCCO)cc1OC. The molecular weight excluding hydrogens is 426 g/mol. The van der Waals surface area contributed by atoms with Gasteiger partial charge in [-0.2, -0.15) is 0 Å². The maximum Gasteiger partial charge on any atom is 0.326 e. The zero-order valence-corrected chi connectivity index (χ0v) is 20.6. The van der Waals surface area contributed by atoms with Crippen LogP contribution in [-0.4, -0.2) is 66.2 Å². The number of aryl methyl sites for hydroxylation is 1. The lowest BCUT2D eigenvalue weighted by atomic mass is 9.84. The van der Waals surface area contributed by atoms with Gasteiger partial charge in [-0.15, -0.1) is 0 Å². The molecule has 1 saturated heterocycles. The topological polar surface area (TPSA) is 113 Å². The molecule has 2 N–H and O–H groups in total. The molecule has 0 spiro atoms. The first-order chi connectivity index (χ1) is 15.6. The number of benzene rings is 1. The zero-order chi connectivity index (χ0) is 25.0. The van der Waals surface area contributed by atoms with Gasteiger partial charge in [0.2, 0.25) is 5.78 Å². The summed E-state index contributed by atoms with van der Waals surface area (Å²) in [6.07, 6.45) is 5.33.